The number of carbonyl (C=O) groups excluding carboxylic acids is 9. The lowest BCUT2D eigenvalue weighted by molar-refractivity contribution is -0.152. The molecule has 0 saturated heterocycles. The Morgan fingerprint density at radius 1 is 0.552 bits per heavy atom. The quantitative estimate of drug-likeness (QED) is 0.0844. The second-order valence-electron chi connectivity index (χ2n) is 22.9. The average Bonchev–Trinajstić information content (AvgIpc) is 1.80. The first kappa shape index (κ1) is 131. The number of nitrogens with two attached hydrogens (primary N) is 2. The van der Waals surface area contributed by atoms with Crippen LogP contribution in [-0.2, 0) is 81.5 Å². The minimum absolute atomic E-state index is 0.0208. The molecular formula is C68H149F3N4O20S. The maximum atomic E-state index is 10.8. The van der Waals surface area contributed by atoms with Gasteiger partial charge in [-0.25, -0.2) is 8.42 Å². The fourth-order valence-electron chi connectivity index (χ4n) is 2.27. The summed E-state index contributed by atoms with van der Waals surface area (Å²) in [5.41, 5.74) is 9.65. The van der Waals surface area contributed by atoms with Crippen molar-refractivity contribution in [1.29, 1.82) is 0 Å². The first-order valence-electron chi connectivity index (χ1n) is 32.4. The number of carboxylic acid groups (broad SMARTS) is 1. The third-order valence-electron chi connectivity index (χ3n) is 7.00. The number of sulfone groups is 1. The number of amides is 1. The maximum absolute atomic E-state index is 10.8. The smallest absolute Gasteiger partial charge is 0.388 e. The van der Waals surface area contributed by atoms with Crippen LogP contribution in [0.4, 0.5) is 13.2 Å². The van der Waals surface area contributed by atoms with Crippen LogP contribution in [0.3, 0.4) is 0 Å². The van der Waals surface area contributed by atoms with Crippen LogP contribution in [0, 0.1) is 11.3 Å². The van der Waals surface area contributed by atoms with Crippen LogP contribution in [0.15, 0.2) is 0 Å². The number of aliphatic hydroxyl groups is 2. The van der Waals surface area contributed by atoms with Crippen molar-refractivity contribution in [2.45, 2.75) is 281 Å². The number of nitrogens with zero attached hydrogens (tertiary/aromatic N) is 2. The highest BCUT2D eigenvalue weighted by Crippen LogP contribution is 2.27. The molecule has 0 heterocycles. The van der Waals surface area contributed by atoms with Crippen LogP contribution in [0.2, 0.25) is 0 Å². The van der Waals surface area contributed by atoms with E-state index in [0.717, 1.165) is 32.1 Å². The molecule has 96 heavy (non-hydrogen) atoms. The van der Waals surface area contributed by atoms with Gasteiger partial charge in [0.25, 0.3) is 0 Å². The first-order valence-corrected chi connectivity index (χ1v) is 34.3. The molecule has 0 aromatic rings. The fraction of sp³-hybridized carbons (Fsp3) is 0.853. The summed E-state index contributed by atoms with van der Waals surface area (Å²) in [6.07, 6.45) is 5.78. The van der Waals surface area contributed by atoms with Crippen LogP contribution < -0.4 is 11.5 Å². The van der Waals surface area contributed by atoms with Gasteiger partial charge in [-0.1, -0.05) is 103 Å². The van der Waals surface area contributed by atoms with E-state index >= 15 is 0 Å². The summed E-state index contributed by atoms with van der Waals surface area (Å²) in [6, 6.07) is 0. The molecule has 0 unspecified atom stereocenters. The molecule has 588 valence electrons. The van der Waals surface area contributed by atoms with Gasteiger partial charge in [-0.3, -0.25) is 38.4 Å². The Morgan fingerprint density at radius 3 is 0.802 bits per heavy atom. The summed E-state index contributed by atoms with van der Waals surface area (Å²) in [5.74, 6) is -0.380. The van der Waals surface area contributed by atoms with E-state index in [-0.39, 0.29) is 83.5 Å². The second kappa shape index (κ2) is 98.5. The highest BCUT2D eigenvalue weighted by Gasteiger charge is 2.31. The van der Waals surface area contributed by atoms with Crippen LogP contribution in [0.25, 0.3) is 0 Å². The van der Waals surface area contributed by atoms with Crippen molar-refractivity contribution >= 4 is 68.9 Å². The van der Waals surface area contributed by atoms with Crippen molar-refractivity contribution in [3.8, 4) is 0 Å². The van der Waals surface area contributed by atoms with E-state index in [0.29, 0.717) is 57.5 Å². The number of Topliss-reactive ketones (excluding diaryl/α,β-unsaturated/α-hetero) is 3. The monoisotopic (exact) mass is 1430 g/mol. The number of aliphatic carboxylic acids is 1. The van der Waals surface area contributed by atoms with Gasteiger partial charge in [0.05, 0.1) is 38.7 Å². The van der Waals surface area contributed by atoms with Gasteiger partial charge in [-0.2, -0.15) is 13.2 Å². The number of hydrogen-bond acceptors (Lipinski definition) is 22. The van der Waals surface area contributed by atoms with Gasteiger partial charge in [0.1, 0.15) is 32.8 Å². The van der Waals surface area contributed by atoms with E-state index in [1.807, 2.05) is 60.7 Å². The fourth-order valence-corrected chi connectivity index (χ4v) is 3.26. The number of aliphatic hydroxyl groups excluding tert-OH is 2. The number of halogens is 3. The minimum atomic E-state index is -3.96. The summed E-state index contributed by atoms with van der Waals surface area (Å²) in [6.45, 7) is 51.2. The van der Waals surface area contributed by atoms with E-state index in [2.05, 4.69) is 85.2 Å². The van der Waals surface area contributed by atoms with Crippen molar-refractivity contribution in [2.75, 3.05) is 94.7 Å². The molecule has 0 atom stereocenters. The highest BCUT2D eigenvalue weighted by atomic mass is 32.2. The standard InChI is InChI=1S/C6H12O2.C5H13N.2C5H10O2.C5H12.C4H8O2S.C4H8O2.C4H8O.C4H8.C3H5F3.2C3H7NO.C3H9N.2C3H6O2.C3H6O.C3H8O.C2H6O/c1-5(7)8-6(2,3)4;1-4-5-6(2)3;2*1-3-5(6)7-4-2;1-5(2,3)4;1-7(5,6)4-2-3-4;1-3-6-4(2)5;1-3-4(2)5;1-4-2-3-4;1-2-3(4,5)6;1-3(5)2-4;1-2-3(4)5;1-4(2)3;1-3(4)5-2;1-2-3(4)5;1-3(2)4;1-2-3-4;1-2-3/h1-4H3;4-5H2,1-3H3;2*3-4H2,1-2H3;1-4H3;4H,2-3H2,1H3;3H2,1-2H3;3H2,1-2H3;4H,2-3H2,1H3;2H2,1H3;2,4H2,1H3;2H2,1H3,(H2,4,5);1-3H3;1-2H3;2H2,1H3,(H,4,5);1-2H3;4H,2-3H2,1H3;3H,2H2,1H3. The van der Waals surface area contributed by atoms with Crippen molar-refractivity contribution in [2.24, 2.45) is 22.8 Å². The van der Waals surface area contributed by atoms with E-state index in [1.54, 1.807) is 62.3 Å². The molecule has 0 bridgehead atoms. The van der Waals surface area contributed by atoms with Gasteiger partial charge < -0.3 is 69.9 Å². The average molecular weight is 1430 g/mol. The third-order valence-corrected chi connectivity index (χ3v) is 8.68. The van der Waals surface area contributed by atoms with Crippen LogP contribution in [0.5, 0.6) is 0 Å². The predicted octanol–water partition coefficient (Wildman–Crippen LogP) is 12.6. The zero-order valence-corrected chi connectivity index (χ0v) is 67.8. The normalized spacial score (nSPS) is 10.4. The molecule has 0 spiro atoms. The Hall–Kier alpha value is -5.16. The second-order valence-corrected chi connectivity index (χ2v) is 25.3. The van der Waals surface area contributed by atoms with E-state index in [1.165, 1.54) is 80.7 Å². The van der Waals surface area contributed by atoms with Crippen molar-refractivity contribution in [3.63, 3.8) is 0 Å². The Labute approximate surface area is 583 Å². The molecule has 2 saturated carbocycles. The number of rotatable bonds is 13. The molecule has 2 fully saturated rings. The van der Waals surface area contributed by atoms with Crippen molar-refractivity contribution < 1.29 is 109 Å². The van der Waals surface area contributed by atoms with Gasteiger partial charge >= 0.3 is 42.0 Å². The van der Waals surface area contributed by atoms with E-state index in [4.69, 9.17) is 25.8 Å². The summed E-state index contributed by atoms with van der Waals surface area (Å²) in [4.78, 5) is 102. The number of alkyl halides is 3. The Bertz CT molecular complexity index is 1710. The summed E-state index contributed by atoms with van der Waals surface area (Å²) < 4.78 is 75.6. The molecule has 24 nitrogen and oxygen atoms in total. The van der Waals surface area contributed by atoms with Gasteiger partial charge in [0, 0.05) is 78.8 Å². The number of primary amides is 1. The van der Waals surface area contributed by atoms with Crippen LogP contribution >= 0.6 is 0 Å². The summed E-state index contributed by atoms with van der Waals surface area (Å²) >= 11 is 0. The molecule has 2 rings (SSSR count). The molecule has 1 amide bonds. The van der Waals surface area contributed by atoms with Crippen molar-refractivity contribution in [1.82, 2.24) is 9.80 Å². The lowest BCUT2D eigenvalue weighted by Gasteiger charge is -2.17. The molecular weight excluding hydrogens is 1280 g/mol. The Kier molecular flexibility index (Phi) is 134. The molecule has 0 aromatic carbocycles. The van der Waals surface area contributed by atoms with Gasteiger partial charge in [-0.05, 0) is 155 Å². The zero-order valence-electron chi connectivity index (χ0n) is 67.0. The van der Waals surface area contributed by atoms with Gasteiger partial charge in [0.2, 0.25) is 5.91 Å². The molecule has 7 N–H and O–H groups in total. The highest BCUT2D eigenvalue weighted by molar-refractivity contribution is 7.91. The number of ketones is 3. The molecule has 2 aliphatic rings. The molecule has 2 aliphatic carbocycles. The third kappa shape index (κ3) is 392. The number of methoxy groups -OCH3 is 1. The van der Waals surface area contributed by atoms with Crippen LogP contribution in [-0.4, -0.2) is 204 Å². The maximum Gasteiger partial charge on any atom is 0.388 e. The lowest BCUT2D eigenvalue weighted by atomic mass is 10.0. The number of carboxylic acids is 1. The van der Waals surface area contributed by atoms with E-state index < -0.39 is 28.4 Å². The molecule has 28 heteroatoms. The molecule has 0 aromatic heterocycles. The first-order chi connectivity index (χ1) is 43.3. The number of carbonyl (C=O) groups is 10. The number of hydrogen-bond donors (Lipinski definition) is 5. The van der Waals surface area contributed by atoms with Gasteiger partial charge in [0.15, 0.2) is 0 Å². The summed E-state index contributed by atoms with van der Waals surface area (Å²) in [5, 5.41) is 23.2. The molecule has 0 aliphatic heterocycles. The Morgan fingerprint density at radius 2 is 0.792 bits per heavy atom. The summed E-state index contributed by atoms with van der Waals surface area (Å²) in [7, 11) is 8.89. The van der Waals surface area contributed by atoms with Crippen LogP contribution in [0.1, 0.15) is 264 Å². The molecule has 0 radical (unpaired) electrons. The topological polar surface area (TPSA) is 370 Å². The Balaban J connectivity index is -0.0000000506. The van der Waals surface area contributed by atoms with E-state index in [9.17, 15) is 69.5 Å². The van der Waals surface area contributed by atoms with Crippen molar-refractivity contribution in [3.05, 3.63) is 0 Å². The van der Waals surface area contributed by atoms with Gasteiger partial charge in [-0.15, -0.1) is 0 Å². The predicted molar refractivity (Wildman–Crippen MR) is 386 cm³/mol. The number of ether oxygens (including phenoxy) is 5. The zero-order chi connectivity index (χ0) is 81.1. The number of esters is 5. The minimum Gasteiger partial charge on any atom is -0.481 e. The SMILES string of the molecule is CC(=O)CN.CC(=O)OC(C)(C)C.CC(C)(C)C.CC(C)=O.CC1CC1.CCC(=O)O.CCC(C)=O.CCC(F)(F)F.CCC(N)=O.CCCN(C)C.CCCO.CCO.CCOC(=O)CC.CCOC(=O)CC.CCOC(C)=O.CN(C)C.COC(C)=O.CS(=O)(=O)C1CC1. The lowest BCUT2D eigenvalue weighted by Crippen LogP contribution is -2.21. The largest absolute Gasteiger partial charge is 0.481 e.